The zero-order valence-corrected chi connectivity index (χ0v) is 24.3. The van der Waals surface area contributed by atoms with Gasteiger partial charge in [0.25, 0.3) is 0 Å². The van der Waals surface area contributed by atoms with Gasteiger partial charge in [0, 0.05) is 12.6 Å². The molecule has 1 aromatic carbocycles. The first-order valence-electron chi connectivity index (χ1n) is 13.5. The van der Waals surface area contributed by atoms with Gasteiger partial charge in [0.05, 0.1) is 6.61 Å². The molecule has 3 N–H and O–H groups in total. The summed E-state index contributed by atoms with van der Waals surface area (Å²) in [4.78, 5) is 41.8. The summed E-state index contributed by atoms with van der Waals surface area (Å²) in [6.45, 7) is 17.1. The maximum Gasteiger partial charge on any atom is 0.408 e. The first-order chi connectivity index (χ1) is 17.2. The maximum absolute atomic E-state index is 14.0. The van der Waals surface area contributed by atoms with Gasteiger partial charge in [0.2, 0.25) is 11.8 Å². The normalized spacial score (nSPS) is 14.0. The number of benzene rings is 1. The SMILES string of the molecule is CCCCNC(=O)C(c1cccc(C)c1C)N(C(=O)C(CO)NC(=O)OC(C)(C)C)C(C)CCC(C)C. The van der Waals surface area contributed by atoms with Gasteiger partial charge in [-0.15, -0.1) is 0 Å². The number of nitrogens with one attached hydrogen (secondary N) is 2. The number of carbonyl (C=O) groups excluding carboxylic acids is 3. The molecule has 0 aliphatic heterocycles. The van der Waals surface area contributed by atoms with Gasteiger partial charge in [0.1, 0.15) is 17.7 Å². The monoisotopic (exact) mass is 519 g/mol. The summed E-state index contributed by atoms with van der Waals surface area (Å²) in [6.07, 6.45) is 2.46. The Balaban J connectivity index is 3.56. The Hall–Kier alpha value is -2.61. The molecule has 210 valence electrons. The Labute approximate surface area is 223 Å². The van der Waals surface area contributed by atoms with Crippen molar-refractivity contribution in [2.24, 2.45) is 5.92 Å². The Bertz CT molecular complexity index is 894. The highest BCUT2D eigenvalue weighted by molar-refractivity contribution is 5.92. The van der Waals surface area contributed by atoms with Crippen molar-refractivity contribution in [1.82, 2.24) is 15.5 Å². The third kappa shape index (κ3) is 10.3. The molecule has 3 amide bonds. The van der Waals surface area contributed by atoms with Gasteiger partial charge in [-0.25, -0.2) is 4.79 Å². The van der Waals surface area contributed by atoms with E-state index < -0.39 is 36.3 Å². The summed E-state index contributed by atoms with van der Waals surface area (Å²) in [5.74, 6) is -0.396. The molecule has 0 heterocycles. The van der Waals surface area contributed by atoms with Crippen LogP contribution in [0.5, 0.6) is 0 Å². The van der Waals surface area contributed by atoms with E-state index in [-0.39, 0.29) is 11.9 Å². The number of hydrogen-bond donors (Lipinski definition) is 3. The number of aryl methyl sites for hydroxylation is 1. The number of aliphatic hydroxyl groups is 1. The zero-order chi connectivity index (χ0) is 28.3. The van der Waals surface area contributed by atoms with Gasteiger partial charge in [-0.3, -0.25) is 9.59 Å². The first-order valence-corrected chi connectivity index (χ1v) is 13.5. The minimum atomic E-state index is -1.26. The van der Waals surface area contributed by atoms with Crippen LogP contribution in [0.2, 0.25) is 0 Å². The molecule has 0 aromatic heterocycles. The number of carbonyl (C=O) groups is 3. The van der Waals surface area contributed by atoms with Crippen LogP contribution in [0, 0.1) is 19.8 Å². The number of rotatable bonds is 13. The van der Waals surface area contributed by atoms with Crippen molar-refractivity contribution >= 4 is 17.9 Å². The predicted octanol–water partition coefficient (Wildman–Crippen LogP) is 4.80. The molecular weight excluding hydrogens is 470 g/mol. The van der Waals surface area contributed by atoms with Gasteiger partial charge in [-0.1, -0.05) is 45.4 Å². The van der Waals surface area contributed by atoms with E-state index in [1.807, 2.05) is 45.9 Å². The molecule has 0 spiro atoms. The van der Waals surface area contributed by atoms with Crippen LogP contribution in [0.25, 0.3) is 0 Å². The van der Waals surface area contributed by atoms with Gasteiger partial charge < -0.3 is 25.4 Å². The molecule has 8 heteroatoms. The minimum Gasteiger partial charge on any atom is -0.444 e. The Morgan fingerprint density at radius 3 is 2.27 bits per heavy atom. The standard InChI is InChI=1S/C29H49N3O5/c1-10-11-17-30-26(34)25(23-14-12-13-20(4)22(23)6)32(21(5)16-15-19(2)3)27(35)24(18-33)31-28(36)37-29(7,8)9/h12-14,19,21,24-25,33H,10-11,15-18H2,1-9H3,(H,30,34)(H,31,36). The third-order valence-corrected chi connectivity index (χ3v) is 6.36. The van der Waals surface area contributed by atoms with Crippen molar-refractivity contribution in [3.05, 3.63) is 34.9 Å². The van der Waals surface area contributed by atoms with Crippen LogP contribution in [0.1, 0.15) is 96.9 Å². The highest BCUT2D eigenvalue weighted by Gasteiger charge is 2.39. The van der Waals surface area contributed by atoms with Crippen molar-refractivity contribution in [2.75, 3.05) is 13.2 Å². The van der Waals surface area contributed by atoms with Gasteiger partial charge in [-0.05, 0) is 83.4 Å². The van der Waals surface area contributed by atoms with Gasteiger partial charge in [0.15, 0.2) is 0 Å². The summed E-state index contributed by atoms with van der Waals surface area (Å²) in [7, 11) is 0. The lowest BCUT2D eigenvalue weighted by Gasteiger charge is -2.39. The number of unbranched alkanes of at least 4 members (excludes halogenated alkanes) is 1. The molecule has 0 saturated heterocycles. The fourth-order valence-electron chi connectivity index (χ4n) is 4.10. The molecular formula is C29H49N3O5. The van der Waals surface area contributed by atoms with Crippen LogP contribution >= 0.6 is 0 Å². The lowest BCUT2D eigenvalue weighted by atomic mass is 9.93. The topological polar surface area (TPSA) is 108 Å². The fourth-order valence-corrected chi connectivity index (χ4v) is 4.10. The molecule has 3 unspecified atom stereocenters. The molecule has 1 aromatic rings. The van der Waals surface area contributed by atoms with E-state index in [9.17, 15) is 19.5 Å². The predicted molar refractivity (Wildman–Crippen MR) is 147 cm³/mol. The van der Waals surface area contributed by atoms with Crippen LogP contribution in [0.15, 0.2) is 18.2 Å². The van der Waals surface area contributed by atoms with E-state index in [1.54, 1.807) is 25.7 Å². The molecule has 8 nitrogen and oxygen atoms in total. The highest BCUT2D eigenvalue weighted by atomic mass is 16.6. The Morgan fingerprint density at radius 1 is 1.08 bits per heavy atom. The Kier molecular flexibility index (Phi) is 13.1. The second-order valence-electron chi connectivity index (χ2n) is 11.3. The van der Waals surface area contributed by atoms with E-state index in [4.69, 9.17) is 4.74 Å². The summed E-state index contributed by atoms with van der Waals surface area (Å²) < 4.78 is 5.32. The number of aliphatic hydroxyl groups excluding tert-OH is 1. The molecule has 0 fully saturated rings. The van der Waals surface area contributed by atoms with E-state index in [2.05, 4.69) is 24.5 Å². The molecule has 0 radical (unpaired) electrons. The molecule has 37 heavy (non-hydrogen) atoms. The Morgan fingerprint density at radius 2 is 1.73 bits per heavy atom. The van der Waals surface area contributed by atoms with Crippen molar-refractivity contribution in [3.8, 4) is 0 Å². The van der Waals surface area contributed by atoms with Gasteiger partial charge in [-0.2, -0.15) is 0 Å². The summed E-state index contributed by atoms with van der Waals surface area (Å²) in [5.41, 5.74) is 1.90. The second-order valence-corrected chi connectivity index (χ2v) is 11.3. The van der Waals surface area contributed by atoms with Crippen LogP contribution < -0.4 is 10.6 Å². The van der Waals surface area contributed by atoms with E-state index in [1.165, 1.54) is 0 Å². The molecule has 0 saturated carbocycles. The summed E-state index contributed by atoms with van der Waals surface area (Å²) in [6, 6.07) is 3.23. The summed E-state index contributed by atoms with van der Waals surface area (Å²) >= 11 is 0. The zero-order valence-electron chi connectivity index (χ0n) is 24.3. The smallest absolute Gasteiger partial charge is 0.408 e. The fraction of sp³-hybridized carbons (Fsp3) is 0.690. The van der Waals surface area contributed by atoms with Crippen LogP contribution in [-0.2, 0) is 14.3 Å². The highest BCUT2D eigenvalue weighted by Crippen LogP contribution is 2.30. The largest absolute Gasteiger partial charge is 0.444 e. The molecule has 1 rings (SSSR count). The quantitative estimate of drug-likeness (QED) is 0.325. The molecule has 0 bridgehead atoms. The second kappa shape index (κ2) is 15.0. The maximum atomic E-state index is 14.0. The van der Waals surface area contributed by atoms with E-state index in [0.717, 1.165) is 36.0 Å². The number of alkyl carbamates (subject to hydrolysis) is 1. The van der Waals surface area contributed by atoms with E-state index >= 15 is 0 Å². The lowest BCUT2D eigenvalue weighted by molar-refractivity contribution is -0.146. The van der Waals surface area contributed by atoms with Crippen molar-refractivity contribution < 1.29 is 24.2 Å². The van der Waals surface area contributed by atoms with Gasteiger partial charge >= 0.3 is 6.09 Å². The number of ether oxygens (including phenoxy) is 1. The molecule has 0 aliphatic rings. The number of hydrogen-bond acceptors (Lipinski definition) is 5. The third-order valence-electron chi connectivity index (χ3n) is 6.36. The van der Waals surface area contributed by atoms with Crippen molar-refractivity contribution in [2.45, 2.75) is 112 Å². The molecule has 0 aliphatic carbocycles. The van der Waals surface area contributed by atoms with Crippen molar-refractivity contribution in [3.63, 3.8) is 0 Å². The number of amides is 3. The van der Waals surface area contributed by atoms with Crippen LogP contribution in [-0.4, -0.2) is 58.8 Å². The average Bonchev–Trinajstić information content (AvgIpc) is 2.80. The van der Waals surface area contributed by atoms with Crippen LogP contribution in [0.3, 0.4) is 0 Å². The van der Waals surface area contributed by atoms with E-state index in [0.29, 0.717) is 18.9 Å². The van der Waals surface area contributed by atoms with Crippen LogP contribution in [0.4, 0.5) is 4.79 Å². The lowest BCUT2D eigenvalue weighted by Crippen LogP contribution is -2.56. The number of nitrogens with zero attached hydrogens (tertiary/aromatic N) is 1. The van der Waals surface area contributed by atoms with Crippen molar-refractivity contribution in [1.29, 1.82) is 0 Å². The average molecular weight is 520 g/mol. The minimum absolute atomic E-state index is 0.277. The summed E-state index contributed by atoms with van der Waals surface area (Å²) in [5, 5.41) is 15.7. The molecule has 3 atom stereocenters. The first kappa shape index (κ1) is 32.4.